The topological polar surface area (TPSA) is 72.7 Å². The van der Waals surface area contributed by atoms with Gasteiger partial charge in [-0.1, -0.05) is 6.92 Å². The van der Waals surface area contributed by atoms with Crippen LogP contribution >= 0.6 is 11.3 Å². The Bertz CT molecular complexity index is 854. The van der Waals surface area contributed by atoms with Gasteiger partial charge in [0.15, 0.2) is 10.9 Å². The van der Waals surface area contributed by atoms with Crippen LogP contribution < -0.4 is 5.32 Å². The fraction of sp³-hybridized carbons (Fsp3) is 0.294. The molecule has 1 unspecified atom stereocenters. The Labute approximate surface area is 143 Å². The van der Waals surface area contributed by atoms with E-state index < -0.39 is 0 Å². The highest BCUT2D eigenvalue weighted by Crippen LogP contribution is 2.32. The highest BCUT2D eigenvalue weighted by Gasteiger charge is 2.20. The van der Waals surface area contributed by atoms with Crippen LogP contribution in [0.5, 0.6) is 0 Å². The molecule has 1 aliphatic carbocycles. The molecule has 0 spiro atoms. The van der Waals surface area contributed by atoms with E-state index in [-0.39, 0.29) is 5.91 Å². The molecule has 0 radical (unpaired) electrons. The van der Waals surface area contributed by atoms with Crippen molar-refractivity contribution in [3.05, 3.63) is 52.9 Å². The molecule has 1 aliphatic rings. The van der Waals surface area contributed by atoms with E-state index in [4.69, 9.17) is 0 Å². The number of nitrogens with one attached hydrogen (secondary N) is 1. The van der Waals surface area contributed by atoms with Gasteiger partial charge in [-0.2, -0.15) is 5.10 Å². The first-order valence-corrected chi connectivity index (χ1v) is 8.76. The van der Waals surface area contributed by atoms with E-state index in [1.165, 1.54) is 11.3 Å². The Morgan fingerprint density at radius 1 is 1.42 bits per heavy atom. The lowest BCUT2D eigenvalue weighted by Crippen LogP contribution is -2.12. The summed E-state index contributed by atoms with van der Waals surface area (Å²) in [6.07, 6.45) is 8.29. The predicted molar refractivity (Wildman–Crippen MR) is 92.6 cm³/mol. The van der Waals surface area contributed by atoms with Crippen LogP contribution in [0.1, 0.15) is 34.3 Å². The smallest absolute Gasteiger partial charge is 0.259 e. The van der Waals surface area contributed by atoms with Gasteiger partial charge in [-0.05, 0) is 43.4 Å². The second-order valence-corrected chi connectivity index (χ2v) is 7.13. The molecule has 0 saturated carbocycles. The third-order valence-corrected chi connectivity index (χ3v) is 5.19. The minimum Gasteiger partial charge on any atom is -0.298 e. The van der Waals surface area contributed by atoms with Gasteiger partial charge in [0.05, 0.1) is 11.3 Å². The van der Waals surface area contributed by atoms with Gasteiger partial charge in [-0.15, -0.1) is 11.3 Å². The number of nitrogens with zero attached hydrogens (tertiary/aromatic N) is 4. The molecule has 3 aromatic heterocycles. The van der Waals surface area contributed by atoms with Gasteiger partial charge in [0.2, 0.25) is 0 Å². The Kier molecular flexibility index (Phi) is 3.86. The molecule has 24 heavy (non-hydrogen) atoms. The van der Waals surface area contributed by atoms with Crippen LogP contribution in [0.15, 0.2) is 36.8 Å². The Hall–Kier alpha value is -2.54. The molecule has 0 bridgehead atoms. The number of aromatic nitrogens is 4. The monoisotopic (exact) mass is 339 g/mol. The molecule has 4 rings (SSSR count). The third-order valence-electron chi connectivity index (χ3n) is 4.16. The summed E-state index contributed by atoms with van der Waals surface area (Å²) in [6, 6.07) is 5.35. The van der Waals surface area contributed by atoms with Crippen molar-refractivity contribution >= 4 is 22.4 Å². The first kappa shape index (κ1) is 15.0. The quantitative estimate of drug-likeness (QED) is 0.796. The van der Waals surface area contributed by atoms with Crippen molar-refractivity contribution in [2.75, 3.05) is 5.32 Å². The molecule has 3 heterocycles. The van der Waals surface area contributed by atoms with E-state index in [1.807, 2.05) is 12.3 Å². The van der Waals surface area contributed by atoms with Crippen LogP contribution in [0.4, 0.5) is 5.13 Å². The summed E-state index contributed by atoms with van der Waals surface area (Å²) in [7, 11) is 0. The predicted octanol–water partition coefficient (Wildman–Crippen LogP) is 3.10. The molecule has 0 aliphatic heterocycles. The zero-order valence-electron chi connectivity index (χ0n) is 13.3. The minimum atomic E-state index is -0.186. The van der Waals surface area contributed by atoms with Crippen molar-refractivity contribution in [1.29, 1.82) is 0 Å². The van der Waals surface area contributed by atoms with E-state index in [2.05, 4.69) is 27.3 Å². The number of carbonyl (C=O) groups is 1. The summed E-state index contributed by atoms with van der Waals surface area (Å²) < 4.78 is 1.65. The van der Waals surface area contributed by atoms with Crippen LogP contribution in [0.2, 0.25) is 0 Å². The lowest BCUT2D eigenvalue weighted by molar-refractivity contribution is 0.102. The zero-order valence-corrected chi connectivity index (χ0v) is 14.1. The SMILES string of the molecule is CC1CCc2nc(NC(=O)c3ccc(-n4cccn4)nc3)sc2C1. The lowest BCUT2D eigenvalue weighted by atomic mass is 9.93. The van der Waals surface area contributed by atoms with Crippen LogP contribution in [0.3, 0.4) is 0 Å². The molecule has 0 fully saturated rings. The first-order valence-electron chi connectivity index (χ1n) is 7.95. The highest BCUT2D eigenvalue weighted by molar-refractivity contribution is 7.15. The molecule has 0 aromatic carbocycles. The van der Waals surface area contributed by atoms with E-state index in [0.29, 0.717) is 22.4 Å². The summed E-state index contributed by atoms with van der Waals surface area (Å²) in [4.78, 5) is 22.5. The summed E-state index contributed by atoms with van der Waals surface area (Å²) in [6.45, 7) is 2.26. The fourth-order valence-electron chi connectivity index (χ4n) is 2.82. The Morgan fingerprint density at radius 3 is 3.08 bits per heavy atom. The maximum atomic E-state index is 12.4. The normalized spacial score (nSPS) is 16.6. The average molecular weight is 339 g/mol. The number of thiazole rings is 1. The second kappa shape index (κ2) is 6.16. The minimum absolute atomic E-state index is 0.186. The number of amides is 1. The number of aryl methyl sites for hydroxylation is 1. The Morgan fingerprint density at radius 2 is 2.33 bits per heavy atom. The summed E-state index contributed by atoms with van der Waals surface area (Å²) in [5.74, 6) is 1.18. The molecule has 3 aromatic rings. The molecular formula is C17H17N5OS. The van der Waals surface area contributed by atoms with E-state index >= 15 is 0 Å². The van der Waals surface area contributed by atoms with Gasteiger partial charge in [0.25, 0.3) is 5.91 Å². The number of hydrogen-bond acceptors (Lipinski definition) is 5. The van der Waals surface area contributed by atoms with Crippen molar-refractivity contribution in [3.63, 3.8) is 0 Å². The fourth-order valence-corrected chi connectivity index (χ4v) is 3.99. The second-order valence-electron chi connectivity index (χ2n) is 6.05. The van der Waals surface area contributed by atoms with Crippen LogP contribution in [-0.2, 0) is 12.8 Å². The van der Waals surface area contributed by atoms with E-state index in [1.54, 1.807) is 40.5 Å². The molecule has 7 heteroatoms. The maximum Gasteiger partial charge on any atom is 0.259 e. The van der Waals surface area contributed by atoms with E-state index in [9.17, 15) is 4.79 Å². The molecule has 1 amide bonds. The molecular weight excluding hydrogens is 322 g/mol. The molecule has 0 saturated heterocycles. The first-order chi connectivity index (χ1) is 11.7. The summed E-state index contributed by atoms with van der Waals surface area (Å²) in [5.41, 5.74) is 1.65. The van der Waals surface area contributed by atoms with Crippen molar-refractivity contribution in [2.24, 2.45) is 5.92 Å². The van der Waals surface area contributed by atoms with Gasteiger partial charge in [-0.3, -0.25) is 10.1 Å². The van der Waals surface area contributed by atoms with Crippen LogP contribution in [0.25, 0.3) is 5.82 Å². The van der Waals surface area contributed by atoms with Gasteiger partial charge in [0, 0.05) is 23.5 Å². The lowest BCUT2D eigenvalue weighted by Gasteiger charge is -2.15. The third kappa shape index (κ3) is 2.94. The molecule has 6 nitrogen and oxygen atoms in total. The largest absolute Gasteiger partial charge is 0.298 e. The zero-order chi connectivity index (χ0) is 16.5. The van der Waals surface area contributed by atoms with Crippen LogP contribution in [-0.4, -0.2) is 25.7 Å². The highest BCUT2D eigenvalue weighted by atomic mass is 32.1. The van der Waals surface area contributed by atoms with Crippen molar-refractivity contribution < 1.29 is 4.79 Å². The van der Waals surface area contributed by atoms with Crippen molar-refractivity contribution in [3.8, 4) is 5.82 Å². The number of fused-ring (bicyclic) bond motifs is 1. The van der Waals surface area contributed by atoms with Gasteiger partial charge in [-0.25, -0.2) is 14.6 Å². The molecule has 122 valence electrons. The van der Waals surface area contributed by atoms with Gasteiger partial charge < -0.3 is 0 Å². The number of carbonyl (C=O) groups excluding carboxylic acids is 1. The number of anilines is 1. The van der Waals surface area contributed by atoms with Crippen molar-refractivity contribution in [2.45, 2.75) is 26.2 Å². The van der Waals surface area contributed by atoms with Crippen LogP contribution in [0, 0.1) is 5.92 Å². The van der Waals surface area contributed by atoms with Gasteiger partial charge >= 0.3 is 0 Å². The summed E-state index contributed by atoms with van der Waals surface area (Å²) >= 11 is 1.59. The van der Waals surface area contributed by atoms with Crippen molar-refractivity contribution in [1.82, 2.24) is 19.7 Å². The number of hydrogen-bond donors (Lipinski definition) is 1. The number of rotatable bonds is 3. The van der Waals surface area contributed by atoms with E-state index in [0.717, 1.165) is 18.5 Å². The average Bonchev–Trinajstić information content (AvgIpc) is 3.23. The Balaban J connectivity index is 1.48. The molecule has 1 N–H and O–H groups in total. The molecule has 1 atom stereocenters. The number of pyridine rings is 1. The maximum absolute atomic E-state index is 12.4. The summed E-state index contributed by atoms with van der Waals surface area (Å²) in [5, 5.41) is 7.68. The van der Waals surface area contributed by atoms with Gasteiger partial charge in [0.1, 0.15) is 0 Å². The standard InChI is InChI=1S/C17H17N5OS/c1-11-3-5-13-14(9-11)24-17(20-13)21-16(23)12-4-6-15(18-10-12)22-8-2-7-19-22/h2,4,6-8,10-11H,3,5,9H2,1H3,(H,20,21,23).